The predicted octanol–water partition coefficient (Wildman–Crippen LogP) is 4.95. The highest BCUT2D eigenvalue weighted by Crippen LogP contribution is 2.44. The third-order valence-electron chi connectivity index (χ3n) is 6.14. The molecule has 0 spiro atoms. The van der Waals surface area contributed by atoms with Gasteiger partial charge in [0.1, 0.15) is 6.61 Å². The lowest BCUT2D eigenvalue weighted by Gasteiger charge is -2.33. The van der Waals surface area contributed by atoms with Gasteiger partial charge >= 0.3 is 6.09 Å². The zero-order valence-corrected chi connectivity index (χ0v) is 16.3. The molecule has 2 aliphatic rings. The third kappa shape index (κ3) is 3.79. The first-order valence-corrected chi connectivity index (χ1v) is 10.5. The van der Waals surface area contributed by atoms with Crippen LogP contribution in [0.1, 0.15) is 55.6 Å². The van der Waals surface area contributed by atoms with Crippen molar-refractivity contribution < 1.29 is 14.6 Å². The number of hydrogen-bond acceptors (Lipinski definition) is 3. The fourth-order valence-corrected chi connectivity index (χ4v) is 4.73. The standard InChI is InChI=1S/C24H29NO3/c26-16-8-15-25(18-9-2-1-3-10-18)24(27)28-17-23-21-13-6-4-11-19(21)20-12-5-7-14-22(20)23/h4-7,11-14,18,23,26H,1-3,8-10,15-17H2. The molecule has 0 bridgehead atoms. The van der Waals surface area contributed by atoms with Crippen LogP contribution in [0.15, 0.2) is 48.5 Å². The highest BCUT2D eigenvalue weighted by Gasteiger charge is 2.31. The number of carbonyl (C=O) groups excluding carboxylic acids is 1. The minimum absolute atomic E-state index is 0.0856. The summed E-state index contributed by atoms with van der Waals surface area (Å²) >= 11 is 0. The second-order valence-electron chi connectivity index (χ2n) is 7.87. The van der Waals surface area contributed by atoms with Gasteiger partial charge < -0.3 is 14.7 Å². The number of aliphatic hydroxyl groups is 1. The van der Waals surface area contributed by atoms with E-state index in [1.807, 2.05) is 4.90 Å². The molecule has 2 aromatic carbocycles. The normalized spacial score (nSPS) is 16.5. The minimum Gasteiger partial charge on any atom is -0.448 e. The summed E-state index contributed by atoms with van der Waals surface area (Å²) in [6.07, 6.45) is 6.01. The second kappa shape index (κ2) is 8.78. The van der Waals surface area contributed by atoms with E-state index >= 15 is 0 Å². The number of rotatable bonds is 6. The number of fused-ring (bicyclic) bond motifs is 3. The van der Waals surface area contributed by atoms with E-state index in [0.717, 1.165) is 25.7 Å². The smallest absolute Gasteiger partial charge is 0.410 e. The molecule has 28 heavy (non-hydrogen) atoms. The van der Waals surface area contributed by atoms with Crippen LogP contribution in [0.2, 0.25) is 0 Å². The second-order valence-corrected chi connectivity index (χ2v) is 7.87. The molecule has 1 fully saturated rings. The number of carbonyl (C=O) groups is 1. The Kier molecular flexibility index (Phi) is 5.96. The van der Waals surface area contributed by atoms with Crippen molar-refractivity contribution >= 4 is 6.09 Å². The molecule has 0 saturated heterocycles. The van der Waals surface area contributed by atoms with Crippen molar-refractivity contribution in [2.24, 2.45) is 0 Å². The Bertz CT molecular complexity index is 768. The van der Waals surface area contributed by atoms with E-state index in [9.17, 15) is 9.90 Å². The Labute approximate surface area is 167 Å². The third-order valence-corrected chi connectivity index (χ3v) is 6.14. The maximum Gasteiger partial charge on any atom is 0.410 e. The van der Waals surface area contributed by atoms with E-state index in [0.29, 0.717) is 19.6 Å². The Hall–Kier alpha value is -2.33. The first kappa shape index (κ1) is 19.0. The summed E-state index contributed by atoms with van der Waals surface area (Å²) in [5, 5.41) is 9.24. The number of hydrogen-bond donors (Lipinski definition) is 1. The van der Waals surface area contributed by atoms with Crippen molar-refractivity contribution in [2.75, 3.05) is 19.8 Å². The average molecular weight is 380 g/mol. The summed E-state index contributed by atoms with van der Waals surface area (Å²) in [7, 11) is 0. The van der Waals surface area contributed by atoms with Crippen LogP contribution in [0, 0.1) is 0 Å². The first-order chi connectivity index (χ1) is 13.8. The molecular formula is C24H29NO3. The lowest BCUT2D eigenvalue weighted by Crippen LogP contribution is -2.43. The van der Waals surface area contributed by atoms with Crippen LogP contribution >= 0.6 is 0 Å². The summed E-state index contributed by atoms with van der Waals surface area (Å²) in [5.41, 5.74) is 4.94. The molecule has 4 heteroatoms. The molecule has 148 valence electrons. The van der Waals surface area contributed by atoms with Gasteiger partial charge in [0.25, 0.3) is 0 Å². The fraction of sp³-hybridized carbons (Fsp3) is 0.458. The zero-order valence-electron chi connectivity index (χ0n) is 16.3. The number of aliphatic hydroxyl groups excluding tert-OH is 1. The van der Waals surface area contributed by atoms with Crippen molar-refractivity contribution in [1.82, 2.24) is 4.90 Å². The van der Waals surface area contributed by atoms with Gasteiger partial charge in [-0.25, -0.2) is 4.79 Å². The average Bonchev–Trinajstić information content (AvgIpc) is 3.07. The van der Waals surface area contributed by atoms with Gasteiger partial charge in [-0.05, 0) is 41.5 Å². The number of ether oxygens (including phenoxy) is 1. The van der Waals surface area contributed by atoms with E-state index in [-0.39, 0.29) is 24.7 Å². The molecule has 2 aliphatic carbocycles. The number of amides is 1. The molecule has 4 rings (SSSR count). The topological polar surface area (TPSA) is 49.8 Å². The van der Waals surface area contributed by atoms with E-state index < -0.39 is 0 Å². The van der Waals surface area contributed by atoms with Crippen LogP contribution in [-0.2, 0) is 4.74 Å². The summed E-state index contributed by atoms with van der Waals surface area (Å²) in [5.74, 6) is 0.0856. The molecule has 1 N–H and O–H groups in total. The quantitative estimate of drug-likeness (QED) is 0.772. The summed E-state index contributed by atoms with van der Waals surface area (Å²) in [6.45, 7) is 1.02. The molecule has 4 nitrogen and oxygen atoms in total. The molecule has 0 aliphatic heterocycles. The van der Waals surface area contributed by atoms with Crippen LogP contribution in [-0.4, -0.2) is 41.9 Å². The zero-order chi connectivity index (χ0) is 19.3. The van der Waals surface area contributed by atoms with Gasteiger partial charge in [-0.2, -0.15) is 0 Å². The van der Waals surface area contributed by atoms with Crippen molar-refractivity contribution in [2.45, 2.75) is 50.5 Å². The van der Waals surface area contributed by atoms with Crippen LogP contribution in [0.25, 0.3) is 11.1 Å². The van der Waals surface area contributed by atoms with Crippen LogP contribution in [0.5, 0.6) is 0 Å². The monoisotopic (exact) mass is 379 g/mol. The van der Waals surface area contributed by atoms with Crippen molar-refractivity contribution in [1.29, 1.82) is 0 Å². The lowest BCUT2D eigenvalue weighted by molar-refractivity contribution is 0.0719. The molecule has 1 saturated carbocycles. The number of nitrogens with zero attached hydrogens (tertiary/aromatic N) is 1. The highest BCUT2D eigenvalue weighted by molar-refractivity contribution is 5.79. The summed E-state index contributed by atoms with van der Waals surface area (Å²) in [6, 6.07) is 17.0. The molecule has 2 aromatic rings. The fourth-order valence-electron chi connectivity index (χ4n) is 4.73. The molecular weight excluding hydrogens is 350 g/mol. The SMILES string of the molecule is O=C(OCC1c2ccccc2-c2ccccc21)N(CCCO)C1CCCCC1. The highest BCUT2D eigenvalue weighted by atomic mass is 16.6. The molecule has 0 atom stereocenters. The van der Waals surface area contributed by atoms with E-state index in [2.05, 4.69) is 48.5 Å². The Balaban J connectivity index is 1.49. The maximum absolute atomic E-state index is 13.0. The molecule has 0 unspecified atom stereocenters. The summed E-state index contributed by atoms with van der Waals surface area (Å²) < 4.78 is 5.86. The van der Waals surface area contributed by atoms with Gasteiger partial charge in [-0.3, -0.25) is 0 Å². The molecule has 0 aromatic heterocycles. The van der Waals surface area contributed by atoms with Gasteiger partial charge in [0.05, 0.1) is 0 Å². The Morgan fingerprint density at radius 3 is 2.18 bits per heavy atom. The van der Waals surface area contributed by atoms with E-state index in [4.69, 9.17) is 4.74 Å². The van der Waals surface area contributed by atoms with Gasteiger partial charge in [-0.15, -0.1) is 0 Å². The molecule has 0 radical (unpaired) electrons. The van der Waals surface area contributed by atoms with E-state index in [1.54, 1.807) is 0 Å². The van der Waals surface area contributed by atoms with Crippen molar-refractivity contribution in [3.63, 3.8) is 0 Å². The van der Waals surface area contributed by atoms with Gasteiger partial charge in [0, 0.05) is 25.1 Å². The van der Waals surface area contributed by atoms with Crippen molar-refractivity contribution in [3.05, 3.63) is 59.7 Å². The van der Waals surface area contributed by atoms with Crippen LogP contribution < -0.4 is 0 Å². The maximum atomic E-state index is 13.0. The van der Waals surface area contributed by atoms with Crippen LogP contribution in [0.3, 0.4) is 0 Å². The molecule has 1 amide bonds. The Morgan fingerprint density at radius 2 is 1.57 bits per heavy atom. The van der Waals surface area contributed by atoms with E-state index in [1.165, 1.54) is 28.7 Å². The van der Waals surface area contributed by atoms with Gasteiger partial charge in [-0.1, -0.05) is 67.8 Å². The Morgan fingerprint density at radius 1 is 0.964 bits per heavy atom. The van der Waals surface area contributed by atoms with Crippen molar-refractivity contribution in [3.8, 4) is 11.1 Å². The van der Waals surface area contributed by atoms with Gasteiger partial charge in [0.2, 0.25) is 0 Å². The first-order valence-electron chi connectivity index (χ1n) is 10.5. The largest absolute Gasteiger partial charge is 0.448 e. The molecule has 0 heterocycles. The lowest BCUT2D eigenvalue weighted by atomic mass is 9.94. The van der Waals surface area contributed by atoms with Gasteiger partial charge in [0.15, 0.2) is 0 Å². The predicted molar refractivity (Wildman–Crippen MR) is 110 cm³/mol. The summed E-state index contributed by atoms with van der Waals surface area (Å²) in [4.78, 5) is 14.8. The number of benzene rings is 2. The van der Waals surface area contributed by atoms with Crippen LogP contribution in [0.4, 0.5) is 4.79 Å². The minimum atomic E-state index is -0.234.